The first-order chi connectivity index (χ1) is 13.8. The minimum atomic E-state index is -3.44. The molecular formula is C22H28N2O4S. The van der Waals surface area contributed by atoms with Crippen LogP contribution in [0.3, 0.4) is 0 Å². The number of amides is 1. The second-order valence-corrected chi connectivity index (χ2v) is 9.30. The summed E-state index contributed by atoms with van der Waals surface area (Å²) >= 11 is 0. The fourth-order valence-corrected chi connectivity index (χ4v) is 4.19. The molecule has 1 fully saturated rings. The van der Waals surface area contributed by atoms with Crippen LogP contribution in [-0.4, -0.2) is 26.5 Å². The molecule has 0 radical (unpaired) electrons. The molecule has 3 rings (SSSR count). The Morgan fingerprint density at radius 2 is 1.79 bits per heavy atom. The van der Waals surface area contributed by atoms with Crippen LogP contribution in [0.2, 0.25) is 0 Å². The van der Waals surface area contributed by atoms with E-state index in [-0.39, 0.29) is 22.9 Å². The first-order valence-corrected chi connectivity index (χ1v) is 11.4. The molecule has 1 saturated carbocycles. The van der Waals surface area contributed by atoms with Crippen LogP contribution in [-0.2, 0) is 27.8 Å². The number of rotatable bonds is 10. The normalized spacial score (nSPS) is 14.0. The highest BCUT2D eigenvalue weighted by Gasteiger charge is 2.27. The minimum absolute atomic E-state index is 0.0588. The second kappa shape index (κ2) is 9.41. The van der Waals surface area contributed by atoms with Crippen molar-refractivity contribution in [1.82, 2.24) is 10.0 Å². The topological polar surface area (TPSA) is 84.5 Å². The fourth-order valence-electron chi connectivity index (χ4n) is 2.88. The van der Waals surface area contributed by atoms with Gasteiger partial charge >= 0.3 is 0 Å². The number of nitrogens with one attached hydrogen (secondary N) is 2. The third kappa shape index (κ3) is 6.58. The summed E-state index contributed by atoms with van der Waals surface area (Å²) in [5.74, 6) is 0.718. The van der Waals surface area contributed by atoms with Crippen molar-refractivity contribution in [2.45, 2.75) is 63.1 Å². The molecule has 0 saturated heterocycles. The Labute approximate surface area is 172 Å². The van der Waals surface area contributed by atoms with Gasteiger partial charge in [0, 0.05) is 24.6 Å². The van der Waals surface area contributed by atoms with Crippen molar-refractivity contribution in [3.05, 3.63) is 59.7 Å². The summed E-state index contributed by atoms with van der Waals surface area (Å²) in [5.41, 5.74) is 1.86. The van der Waals surface area contributed by atoms with Gasteiger partial charge in [-0.2, -0.15) is 0 Å². The van der Waals surface area contributed by atoms with E-state index in [0.717, 1.165) is 29.7 Å². The Morgan fingerprint density at radius 3 is 2.45 bits per heavy atom. The zero-order valence-corrected chi connectivity index (χ0v) is 17.7. The molecule has 1 aliphatic carbocycles. The summed E-state index contributed by atoms with van der Waals surface area (Å²) in [6.45, 7) is 4.34. The average molecular weight is 417 g/mol. The van der Waals surface area contributed by atoms with Crippen LogP contribution < -0.4 is 14.8 Å². The lowest BCUT2D eigenvalue weighted by Gasteiger charge is -2.14. The van der Waals surface area contributed by atoms with Crippen molar-refractivity contribution in [3.8, 4) is 5.75 Å². The molecule has 6 nitrogen and oxygen atoms in total. The van der Waals surface area contributed by atoms with Gasteiger partial charge in [0.15, 0.2) is 0 Å². The smallest absolute Gasteiger partial charge is 0.240 e. The van der Waals surface area contributed by atoms with E-state index in [1.54, 1.807) is 24.3 Å². The van der Waals surface area contributed by atoms with Gasteiger partial charge in [-0.05, 0) is 56.9 Å². The second-order valence-electron chi connectivity index (χ2n) is 7.59. The third-order valence-electron chi connectivity index (χ3n) is 4.58. The number of para-hydroxylation sites is 1. The summed E-state index contributed by atoms with van der Waals surface area (Å²) in [6.07, 6.45) is 2.76. The number of sulfonamides is 1. The number of benzene rings is 2. The van der Waals surface area contributed by atoms with Crippen molar-refractivity contribution in [2.24, 2.45) is 0 Å². The third-order valence-corrected chi connectivity index (χ3v) is 6.12. The van der Waals surface area contributed by atoms with Crippen molar-refractivity contribution < 1.29 is 17.9 Å². The molecule has 0 bridgehead atoms. The molecular weight excluding hydrogens is 388 g/mol. The molecule has 0 spiro atoms. The molecule has 0 aliphatic heterocycles. The predicted octanol–water partition coefficient (Wildman–Crippen LogP) is 3.16. The molecule has 1 aliphatic rings. The van der Waals surface area contributed by atoms with Crippen molar-refractivity contribution in [2.75, 3.05) is 0 Å². The predicted molar refractivity (Wildman–Crippen MR) is 112 cm³/mol. The highest BCUT2D eigenvalue weighted by atomic mass is 32.2. The van der Waals surface area contributed by atoms with E-state index >= 15 is 0 Å². The molecule has 29 heavy (non-hydrogen) atoms. The van der Waals surface area contributed by atoms with Gasteiger partial charge in [-0.1, -0.05) is 30.3 Å². The molecule has 2 N–H and O–H groups in total. The molecule has 7 heteroatoms. The standard InChI is InChI=1S/C22H28N2O4S/c1-16(2)28-21-6-4-3-5-18(21)15-23-22(25)14-9-17-7-12-20(13-8-17)29(26,27)24-19-10-11-19/h3-8,12-13,16,19,24H,9-11,14-15H2,1-2H3,(H,23,25). The van der Waals surface area contributed by atoms with Gasteiger partial charge in [0.2, 0.25) is 15.9 Å². The Bertz CT molecular complexity index is 936. The van der Waals surface area contributed by atoms with E-state index in [1.807, 2.05) is 38.1 Å². The van der Waals surface area contributed by atoms with Crippen LogP contribution in [0.15, 0.2) is 53.4 Å². The SMILES string of the molecule is CC(C)Oc1ccccc1CNC(=O)CCc1ccc(S(=O)(=O)NC2CC2)cc1. The van der Waals surface area contributed by atoms with E-state index in [0.29, 0.717) is 19.4 Å². The summed E-state index contributed by atoms with van der Waals surface area (Å²) in [4.78, 5) is 12.5. The minimum Gasteiger partial charge on any atom is -0.491 e. The molecule has 2 aromatic rings. The molecule has 0 heterocycles. The zero-order chi connectivity index (χ0) is 20.9. The van der Waals surface area contributed by atoms with Gasteiger partial charge in [0.05, 0.1) is 11.0 Å². The van der Waals surface area contributed by atoms with Crippen molar-refractivity contribution in [3.63, 3.8) is 0 Å². The van der Waals surface area contributed by atoms with E-state index in [9.17, 15) is 13.2 Å². The average Bonchev–Trinajstić information content (AvgIpc) is 3.49. The summed E-state index contributed by atoms with van der Waals surface area (Å²) in [6, 6.07) is 14.5. The molecule has 0 unspecified atom stereocenters. The van der Waals surface area contributed by atoms with E-state index < -0.39 is 10.0 Å². The molecule has 1 amide bonds. The van der Waals surface area contributed by atoms with Gasteiger partial charge in [0.1, 0.15) is 5.75 Å². The van der Waals surface area contributed by atoms with Gasteiger partial charge < -0.3 is 10.1 Å². The number of carbonyl (C=O) groups excluding carboxylic acids is 1. The van der Waals surface area contributed by atoms with Gasteiger partial charge in [-0.3, -0.25) is 4.79 Å². The Hall–Kier alpha value is -2.38. The maximum atomic E-state index is 12.2. The Kier molecular flexibility index (Phi) is 6.92. The van der Waals surface area contributed by atoms with Gasteiger partial charge in [-0.15, -0.1) is 0 Å². The van der Waals surface area contributed by atoms with Gasteiger partial charge in [0.25, 0.3) is 0 Å². The molecule has 0 atom stereocenters. The summed E-state index contributed by atoms with van der Waals surface area (Å²) in [5, 5.41) is 2.92. The summed E-state index contributed by atoms with van der Waals surface area (Å²) < 4.78 is 32.8. The zero-order valence-electron chi connectivity index (χ0n) is 16.9. The fraction of sp³-hybridized carbons (Fsp3) is 0.409. The Balaban J connectivity index is 1.48. The highest BCUT2D eigenvalue weighted by Crippen LogP contribution is 2.22. The monoisotopic (exact) mass is 416 g/mol. The van der Waals surface area contributed by atoms with Crippen LogP contribution in [0.4, 0.5) is 0 Å². The first kappa shape index (κ1) is 21.3. The molecule has 2 aromatic carbocycles. The van der Waals surface area contributed by atoms with Crippen molar-refractivity contribution >= 4 is 15.9 Å². The maximum absolute atomic E-state index is 12.2. The molecule has 0 aromatic heterocycles. The van der Waals surface area contributed by atoms with Crippen LogP contribution in [0, 0.1) is 0 Å². The van der Waals surface area contributed by atoms with Crippen LogP contribution in [0.5, 0.6) is 5.75 Å². The lowest BCUT2D eigenvalue weighted by molar-refractivity contribution is -0.121. The van der Waals surface area contributed by atoms with Gasteiger partial charge in [-0.25, -0.2) is 13.1 Å². The van der Waals surface area contributed by atoms with E-state index in [1.165, 1.54) is 0 Å². The van der Waals surface area contributed by atoms with Crippen LogP contribution >= 0.6 is 0 Å². The maximum Gasteiger partial charge on any atom is 0.240 e. The van der Waals surface area contributed by atoms with E-state index in [4.69, 9.17) is 4.74 Å². The quantitative estimate of drug-likeness (QED) is 0.623. The van der Waals surface area contributed by atoms with E-state index in [2.05, 4.69) is 10.0 Å². The number of hydrogen-bond acceptors (Lipinski definition) is 4. The van der Waals surface area contributed by atoms with Crippen LogP contribution in [0.25, 0.3) is 0 Å². The largest absolute Gasteiger partial charge is 0.491 e. The van der Waals surface area contributed by atoms with Crippen LogP contribution in [0.1, 0.15) is 44.2 Å². The molecule has 156 valence electrons. The number of hydrogen-bond donors (Lipinski definition) is 2. The van der Waals surface area contributed by atoms with Crippen molar-refractivity contribution in [1.29, 1.82) is 0 Å². The lowest BCUT2D eigenvalue weighted by atomic mass is 10.1. The summed E-state index contributed by atoms with van der Waals surface area (Å²) in [7, 11) is -3.44. The number of ether oxygens (including phenoxy) is 1. The lowest BCUT2D eigenvalue weighted by Crippen LogP contribution is -2.25. The first-order valence-electron chi connectivity index (χ1n) is 9.96. The number of aryl methyl sites for hydroxylation is 1. The Morgan fingerprint density at radius 1 is 1.10 bits per heavy atom. The highest BCUT2D eigenvalue weighted by molar-refractivity contribution is 7.89. The number of carbonyl (C=O) groups is 1.